The zero-order chi connectivity index (χ0) is 12.5. The quantitative estimate of drug-likeness (QED) is 0.819. The highest BCUT2D eigenvalue weighted by Gasteiger charge is 2.23. The van der Waals surface area contributed by atoms with Crippen LogP contribution in [0.5, 0.6) is 0 Å². The summed E-state index contributed by atoms with van der Waals surface area (Å²) < 4.78 is 0. The molecule has 1 N–H and O–H groups in total. The van der Waals surface area contributed by atoms with Gasteiger partial charge in [-0.3, -0.25) is 4.79 Å². The molecule has 1 aliphatic heterocycles. The number of hydrogen-bond donors (Lipinski definition) is 1. The van der Waals surface area contributed by atoms with Crippen LogP contribution in [0.2, 0.25) is 0 Å². The lowest BCUT2D eigenvalue weighted by Crippen LogP contribution is -2.42. The maximum Gasteiger partial charge on any atom is 0.253 e. The van der Waals surface area contributed by atoms with Gasteiger partial charge in [-0.2, -0.15) is 0 Å². The number of nitrogens with zero attached hydrogens (tertiary/aromatic N) is 1. The molecular formula is C15H19NO2. The molecular weight excluding hydrogens is 226 g/mol. The van der Waals surface area contributed by atoms with Gasteiger partial charge in [0.2, 0.25) is 0 Å². The van der Waals surface area contributed by atoms with Crippen LogP contribution < -0.4 is 0 Å². The molecule has 2 aliphatic rings. The first-order valence-electron chi connectivity index (χ1n) is 6.83. The third kappa shape index (κ3) is 2.15. The van der Waals surface area contributed by atoms with Crippen molar-refractivity contribution in [3.63, 3.8) is 0 Å². The number of aliphatic hydroxyl groups excluding tert-OH is 1. The smallest absolute Gasteiger partial charge is 0.253 e. The molecule has 1 heterocycles. The lowest BCUT2D eigenvalue weighted by molar-refractivity contribution is 0.0473. The van der Waals surface area contributed by atoms with Gasteiger partial charge in [-0.1, -0.05) is 6.07 Å². The Morgan fingerprint density at radius 2 is 2.06 bits per heavy atom. The number of piperidine rings is 1. The van der Waals surface area contributed by atoms with Crippen LogP contribution in [0.25, 0.3) is 0 Å². The minimum atomic E-state index is -0.350. The molecule has 1 atom stereocenters. The van der Waals surface area contributed by atoms with Crippen molar-refractivity contribution in [1.82, 2.24) is 4.90 Å². The zero-order valence-corrected chi connectivity index (χ0v) is 10.6. The van der Waals surface area contributed by atoms with Crippen molar-refractivity contribution in [2.75, 3.05) is 13.1 Å². The minimum Gasteiger partial charge on any atom is -0.391 e. The molecule has 0 bridgehead atoms. The molecule has 1 aromatic rings. The molecule has 0 saturated carbocycles. The van der Waals surface area contributed by atoms with Crippen molar-refractivity contribution < 1.29 is 9.90 Å². The first-order valence-corrected chi connectivity index (χ1v) is 6.83. The Morgan fingerprint density at radius 1 is 1.22 bits per heavy atom. The molecule has 3 rings (SSSR count). The van der Waals surface area contributed by atoms with Gasteiger partial charge in [0.05, 0.1) is 6.10 Å². The summed E-state index contributed by atoms with van der Waals surface area (Å²) in [6.45, 7) is 1.25. The van der Waals surface area contributed by atoms with Gasteiger partial charge in [-0.05, 0) is 55.4 Å². The van der Waals surface area contributed by atoms with Crippen LogP contribution >= 0.6 is 0 Å². The molecule has 0 radical (unpaired) electrons. The van der Waals surface area contributed by atoms with Crippen molar-refractivity contribution in [1.29, 1.82) is 0 Å². The van der Waals surface area contributed by atoms with Crippen LogP contribution in [0.15, 0.2) is 18.2 Å². The molecule has 18 heavy (non-hydrogen) atoms. The third-order valence-electron chi connectivity index (χ3n) is 4.03. The van der Waals surface area contributed by atoms with Gasteiger partial charge in [0.1, 0.15) is 0 Å². The number of carbonyl (C=O) groups excluding carboxylic acids is 1. The minimum absolute atomic E-state index is 0.0726. The maximum absolute atomic E-state index is 12.4. The van der Waals surface area contributed by atoms with E-state index < -0.39 is 0 Å². The Bertz CT molecular complexity index is 470. The van der Waals surface area contributed by atoms with Gasteiger partial charge < -0.3 is 10.0 Å². The first kappa shape index (κ1) is 11.7. The Kier molecular flexibility index (Phi) is 3.08. The molecule has 0 spiro atoms. The van der Waals surface area contributed by atoms with E-state index in [1.807, 2.05) is 12.1 Å². The summed E-state index contributed by atoms with van der Waals surface area (Å²) in [6, 6.07) is 6.08. The van der Waals surface area contributed by atoms with E-state index in [0.29, 0.717) is 6.54 Å². The van der Waals surface area contributed by atoms with Crippen molar-refractivity contribution in [2.45, 2.75) is 38.2 Å². The Labute approximate surface area is 107 Å². The van der Waals surface area contributed by atoms with E-state index in [1.165, 1.54) is 17.5 Å². The molecule has 0 aromatic heterocycles. The average Bonchev–Trinajstić information content (AvgIpc) is 2.85. The van der Waals surface area contributed by atoms with Crippen LogP contribution in [0.4, 0.5) is 0 Å². The number of rotatable bonds is 1. The SMILES string of the molecule is O=C(c1ccc2c(c1)CCC2)N1CCC[C@H](O)C1. The van der Waals surface area contributed by atoms with Crippen molar-refractivity contribution in [3.05, 3.63) is 34.9 Å². The second-order valence-electron chi connectivity index (χ2n) is 5.38. The van der Waals surface area contributed by atoms with Crippen LogP contribution in [0, 0.1) is 0 Å². The highest BCUT2D eigenvalue weighted by molar-refractivity contribution is 5.94. The van der Waals surface area contributed by atoms with Crippen LogP contribution in [-0.2, 0) is 12.8 Å². The predicted molar refractivity (Wildman–Crippen MR) is 69.6 cm³/mol. The average molecular weight is 245 g/mol. The standard InChI is InChI=1S/C15H19NO2/c17-14-5-2-8-16(10-14)15(18)13-7-6-11-3-1-4-12(11)9-13/h6-7,9,14,17H,1-5,8,10H2/t14-/m0/s1. The number of carbonyl (C=O) groups is 1. The van der Waals surface area contributed by atoms with E-state index in [-0.39, 0.29) is 12.0 Å². The molecule has 96 valence electrons. The molecule has 1 fully saturated rings. The highest BCUT2D eigenvalue weighted by atomic mass is 16.3. The number of hydrogen-bond acceptors (Lipinski definition) is 2. The molecule has 1 aromatic carbocycles. The number of aryl methyl sites for hydroxylation is 2. The van der Waals surface area contributed by atoms with E-state index in [4.69, 9.17) is 0 Å². The largest absolute Gasteiger partial charge is 0.391 e. The summed E-state index contributed by atoms with van der Waals surface area (Å²) in [4.78, 5) is 14.1. The van der Waals surface area contributed by atoms with Gasteiger partial charge in [0, 0.05) is 18.7 Å². The van der Waals surface area contributed by atoms with E-state index in [2.05, 4.69) is 6.07 Å². The monoisotopic (exact) mass is 245 g/mol. The number of β-amino-alcohol motifs (C(OH)–C–C–N with tert-alkyl or cyclic N) is 1. The summed E-state index contributed by atoms with van der Waals surface area (Å²) in [5.74, 6) is 0.0726. The Morgan fingerprint density at radius 3 is 2.89 bits per heavy atom. The third-order valence-corrected chi connectivity index (χ3v) is 4.03. The fourth-order valence-electron chi connectivity index (χ4n) is 3.03. The van der Waals surface area contributed by atoms with Gasteiger partial charge in [-0.25, -0.2) is 0 Å². The van der Waals surface area contributed by atoms with Crippen LogP contribution in [0.1, 0.15) is 40.7 Å². The van der Waals surface area contributed by atoms with E-state index >= 15 is 0 Å². The summed E-state index contributed by atoms with van der Waals surface area (Å²) in [5, 5.41) is 9.64. The van der Waals surface area contributed by atoms with Crippen LogP contribution in [-0.4, -0.2) is 35.1 Å². The molecule has 0 unspecified atom stereocenters. The number of fused-ring (bicyclic) bond motifs is 1. The van der Waals surface area contributed by atoms with Gasteiger partial charge in [0.15, 0.2) is 0 Å². The second kappa shape index (κ2) is 4.73. The number of aliphatic hydroxyl groups is 1. The maximum atomic E-state index is 12.4. The second-order valence-corrected chi connectivity index (χ2v) is 5.38. The van der Waals surface area contributed by atoms with E-state index in [9.17, 15) is 9.90 Å². The molecule has 1 aliphatic carbocycles. The van der Waals surface area contributed by atoms with Crippen molar-refractivity contribution in [3.8, 4) is 0 Å². The number of likely N-dealkylation sites (tertiary alicyclic amines) is 1. The van der Waals surface area contributed by atoms with E-state index in [0.717, 1.165) is 37.8 Å². The summed E-state index contributed by atoms with van der Waals surface area (Å²) in [6.07, 6.45) is 4.81. The lowest BCUT2D eigenvalue weighted by Gasteiger charge is -2.30. The summed E-state index contributed by atoms with van der Waals surface area (Å²) in [7, 11) is 0. The van der Waals surface area contributed by atoms with Crippen LogP contribution in [0.3, 0.4) is 0 Å². The highest BCUT2D eigenvalue weighted by Crippen LogP contribution is 2.24. The van der Waals surface area contributed by atoms with Gasteiger partial charge in [-0.15, -0.1) is 0 Å². The van der Waals surface area contributed by atoms with Crippen molar-refractivity contribution in [2.24, 2.45) is 0 Å². The fraction of sp³-hybridized carbons (Fsp3) is 0.533. The normalized spacial score (nSPS) is 22.9. The number of benzene rings is 1. The summed E-state index contributed by atoms with van der Waals surface area (Å²) in [5.41, 5.74) is 3.51. The molecule has 3 nitrogen and oxygen atoms in total. The zero-order valence-electron chi connectivity index (χ0n) is 10.6. The van der Waals surface area contributed by atoms with Gasteiger partial charge in [0.25, 0.3) is 5.91 Å². The van der Waals surface area contributed by atoms with Crippen molar-refractivity contribution >= 4 is 5.91 Å². The topological polar surface area (TPSA) is 40.5 Å². The van der Waals surface area contributed by atoms with E-state index in [1.54, 1.807) is 4.90 Å². The first-order chi connectivity index (χ1) is 8.74. The molecule has 1 saturated heterocycles. The summed E-state index contributed by atoms with van der Waals surface area (Å²) >= 11 is 0. The Balaban J connectivity index is 1.79. The fourth-order valence-corrected chi connectivity index (χ4v) is 3.03. The molecule has 1 amide bonds. The Hall–Kier alpha value is -1.35. The lowest BCUT2D eigenvalue weighted by atomic mass is 10.0. The number of amides is 1. The molecule has 3 heteroatoms. The predicted octanol–water partition coefficient (Wildman–Crippen LogP) is 1.77. The van der Waals surface area contributed by atoms with Gasteiger partial charge >= 0.3 is 0 Å².